The van der Waals surface area contributed by atoms with Crippen LogP contribution in [0.4, 0.5) is 5.69 Å². The van der Waals surface area contributed by atoms with Gasteiger partial charge in [-0.2, -0.15) is 0 Å². The van der Waals surface area contributed by atoms with E-state index in [0.29, 0.717) is 16.7 Å². The third kappa shape index (κ3) is 3.28. The summed E-state index contributed by atoms with van der Waals surface area (Å²) in [6, 6.07) is 6.39. The van der Waals surface area contributed by atoms with E-state index in [1.165, 1.54) is 12.1 Å². The van der Waals surface area contributed by atoms with Crippen molar-refractivity contribution in [3.05, 3.63) is 57.6 Å². The summed E-state index contributed by atoms with van der Waals surface area (Å²) in [5, 5.41) is 13.5. The number of pyridine rings is 1. The molecule has 0 aliphatic rings. The third-order valence-electron chi connectivity index (χ3n) is 3.03. The molecular formula is C16H16N2O3S. The molecule has 6 heteroatoms. The van der Waals surface area contributed by atoms with Gasteiger partial charge >= 0.3 is 0 Å². The molecule has 0 N–H and O–H groups in total. The van der Waals surface area contributed by atoms with Gasteiger partial charge in [0, 0.05) is 28.5 Å². The Morgan fingerprint density at radius 3 is 2.73 bits per heavy atom. The Bertz CT molecular complexity index is 769. The Balaban J connectivity index is 2.60. The first-order chi connectivity index (χ1) is 10.6. The number of thioether (sulfide) groups is 1. The molecule has 0 fully saturated rings. The molecule has 5 nitrogen and oxygen atoms in total. The molecule has 2 aromatic rings. The number of nitro benzene ring substituents is 1. The Kier molecular flexibility index (Phi) is 5.16. The topological polar surface area (TPSA) is 65.3 Å². The average Bonchev–Trinajstić information content (AvgIpc) is 2.54. The molecule has 114 valence electrons. The number of rotatable bonds is 5. The van der Waals surface area contributed by atoms with Crippen LogP contribution in [0.3, 0.4) is 0 Å². The summed E-state index contributed by atoms with van der Waals surface area (Å²) >= 11 is 1.56. The second-order valence-corrected chi connectivity index (χ2v) is 5.36. The summed E-state index contributed by atoms with van der Waals surface area (Å²) in [5.74, 6) is 0.573. The first kappa shape index (κ1) is 16.0. The van der Waals surface area contributed by atoms with Gasteiger partial charge in [0.1, 0.15) is 5.75 Å². The van der Waals surface area contributed by atoms with Crippen molar-refractivity contribution in [2.24, 2.45) is 0 Å². The Morgan fingerprint density at radius 2 is 2.14 bits per heavy atom. The van der Waals surface area contributed by atoms with E-state index in [4.69, 9.17) is 4.74 Å². The van der Waals surface area contributed by atoms with Gasteiger partial charge < -0.3 is 4.74 Å². The highest BCUT2D eigenvalue weighted by molar-refractivity contribution is 8.10. The molecule has 1 heterocycles. The fourth-order valence-corrected chi connectivity index (χ4v) is 2.65. The van der Waals surface area contributed by atoms with Crippen molar-refractivity contribution in [2.45, 2.75) is 13.8 Å². The van der Waals surface area contributed by atoms with Crippen LogP contribution >= 0.6 is 11.8 Å². The van der Waals surface area contributed by atoms with Gasteiger partial charge in [0.15, 0.2) is 0 Å². The Morgan fingerprint density at radius 1 is 1.36 bits per heavy atom. The van der Waals surface area contributed by atoms with Gasteiger partial charge in [-0.05, 0) is 25.3 Å². The van der Waals surface area contributed by atoms with Crippen LogP contribution < -0.4 is 4.74 Å². The minimum atomic E-state index is -0.425. The van der Waals surface area contributed by atoms with Crippen molar-refractivity contribution in [3.8, 4) is 5.75 Å². The lowest BCUT2D eigenvalue weighted by molar-refractivity contribution is -0.384. The monoisotopic (exact) mass is 316 g/mol. The summed E-state index contributed by atoms with van der Waals surface area (Å²) in [4.78, 5) is 16.1. The number of non-ortho nitro benzene ring substituents is 1. The number of aromatic nitrogens is 1. The highest BCUT2D eigenvalue weighted by Crippen LogP contribution is 2.34. The van der Waals surface area contributed by atoms with Gasteiger partial charge in [-0.1, -0.05) is 23.9 Å². The fraction of sp³-hybridized carbons (Fsp3) is 0.188. The zero-order valence-corrected chi connectivity index (χ0v) is 13.4. The van der Waals surface area contributed by atoms with E-state index in [1.807, 2.05) is 31.4 Å². The highest BCUT2D eigenvalue weighted by Gasteiger charge is 2.13. The predicted octanol–water partition coefficient (Wildman–Crippen LogP) is 4.78. The maximum Gasteiger partial charge on any atom is 0.270 e. The molecule has 22 heavy (non-hydrogen) atoms. The van der Waals surface area contributed by atoms with Crippen molar-refractivity contribution in [1.29, 1.82) is 0 Å². The summed E-state index contributed by atoms with van der Waals surface area (Å²) in [6.07, 6.45) is 3.93. The SMILES string of the molecule is C/C=C\S/C(=C\C)c1cc(OC)c2cc([N+](=O)[O-])ccc2n1. The predicted molar refractivity (Wildman–Crippen MR) is 91.0 cm³/mol. The number of methoxy groups -OCH3 is 1. The second-order valence-electron chi connectivity index (χ2n) is 4.41. The zero-order chi connectivity index (χ0) is 16.1. The van der Waals surface area contributed by atoms with Crippen molar-refractivity contribution in [1.82, 2.24) is 4.98 Å². The molecule has 0 aliphatic carbocycles. The van der Waals surface area contributed by atoms with Crippen molar-refractivity contribution in [2.75, 3.05) is 7.11 Å². The summed E-state index contributed by atoms with van der Waals surface area (Å²) in [6.45, 7) is 3.90. The zero-order valence-electron chi connectivity index (χ0n) is 12.6. The molecule has 0 aliphatic heterocycles. The first-order valence-electron chi connectivity index (χ1n) is 6.68. The fourth-order valence-electron chi connectivity index (χ4n) is 2.01. The summed E-state index contributed by atoms with van der Waals surface area (Å²) < 4.78 is 5.38. The van der Waals surface area contributed by atoms with E-state index in [9.17, 15) is 10.1 Å². The minimum Gasteiger partial charge on any atom is -0.496 e. The van der Waals surface area contributed by atoms with Gasteiger partial charge in [0.2, 0.25) is 0 Å². The van der Waals surface area contributed by atoms with Crippen LogP contribution in [0.1, 0.15) is 19.5 Å². The molecule has 2 rings (SSSR count). The summed E-state index contributed by atoms with van der Waals surface area (Å²) in [5.41, 5.74) is 1.47. The molecule has 0 atom stereocenters. The molecule has 0 radical (unpaired) electrons. The smallest absolute Gasteiger partial charge is 0.270 e. The number of hydrogen-bond donors (Lipinski definition) is 0. The normalized spacial score (nSPS) is 12.0. The summed E-state index contributed by atoms with van der Waals surface area (Å²) in [7, 11) is 1.55. The van der Waals surface area contributed by atoms with Crippen LogP contribution in [0.2, 0.25) is 0 Å². The molecule has 0 saturated heterocycles. The first-order valence-corrected chi connectivity index (χ1v) is 7.56. The van der Waals surface area contributed by atoms with E-state index in [1.54, 1.807) is 31.0 Å². The standard InChI is InChI=1S/C16H16N2O3S/c1-4-8-22-16(5-2)14-10-15(21-3)12-9-11(18(19)20)6-7-13(12)17-14/h4-10H,1-3H3/b8-4-,16-5-. The Hall–Kier alpha value is -2.34. The quantitative estimate of drug-likeness (QED) is 0.586. The number of nitrogens with zero attached hydrogens (tertiary/aromatic N) is 2. The molecular weight excluding hydrogens is 300 g/mol. The number of benzene rings is 1. The van der Waals surface area contributed by atoms with Gasteiger partial charge in [0.05, 0.1) is 23.2 Å². The minimum absolute atomic E-state index is 0.0231. The van der Waals surface area contributed by atoms with Gasteiger partial charge in [0.25, 0.3) is 5.69 Å². The van der Waals surface area contributed by atoms with Gasteiger partial charge in [-0.25, -0.2) is 4.98 Å². The maximum atomic E-state index is 10.9. The van der Waals surface area contributed by atoms with Crippen molar-refractivity contribution >= 4 is 33.3 Å². The van der Waals surface area contributed by atoms with Crippen LogP contribution in [-0.2, 0) is 0 Å². The number of nitro groups is 1. The Labute approximate surface area is 132 Å². The van der Waals surface area contributed by atoms with Crippen LogP contribution in [-0.4, -0.2) is 17.0 Å². The molecule has 0 bridgehead atoms. The number of allylic oxidation sites excluding steroid dienone is 2. The highest BCUT2D eigenvalue weighted by atomic mass is 32.2. The van der Waals surface area contributed by atoms with Crippen LogP contribution in [0.25, 0.3) is 15.8 Å². The number of hydrogen-bond acceptors (Lipinski definition) is 5. The second kappa shape index (κ2) is 7.09. The molecule has 0 unspecified atom stereocenters. The maximum absolute atomic E-state index is 10.9. The van der Waals surface area contributed by atoms with Crippen LogP contribution in [0.5, 0.6) is 5.75 Å². The lowest BCUT2D eigenvalue weighted by atomic mass is 10.1. The number of fused-ring (bicyclic) bond motifs is 1. The average molecular weight is 316 g/mol. The largest absolute Gasteiger partial charge is 0.496 e. The lowest BCUT2D eigenvalue weighted by Crippen LogP contribution is -1.94. The molecule has 1 aromatic carbocycles. The van der Waals surface area contributed by atoms with Gasteiger partial charge in [-0.3, -0.25) is 10.1 Å². The van der Waals surface area contributed by atoms with Gasteiger partial charge in [-0.15, -0.1) is 0 Å². The van der Waals surface area contributed by atoms with Crippen molar-refractivity contribution in [3.63, 3.8) is 0 Å². The third-order valence-corrected chi connectivity index (χ3v) is 4.14. The molecule has 0 amide bonds. The van der Waals surface area contributed by atoms with E-state index >= 15 is 0 Å². The van der Waals surface area contributed by atoms with E-state index in [-0.39, 0.29) is 5.69 Å². The molecule has 0 spiro atoms. The molecule has 0 saturated carbocycles. The van der Waals surface area contributed by atoms with Crippen LogP contribution in [0.15, 0.2) is 41.8 Å². The number of ether oxygens (including phenoxy) is 1. The van der Waals surface area contributed by atoms with E-state index < -0.39 is 4.92 Å². The van der Waals surface area contributed by atoms with Crippen LogP contribution in [0, 0.1) is 10.1 Å². The van der Waals surface area contributed by atoms with E-state index in [0.717, 1.165) is 10.6 Å². The lowest BCUT2D eigenvalue weighted by Gasteiger charge is -2.10. The van der Waals surface area contributed by atoms with Crippen molar-refractivity contribution < 1.29 is 9.66 Å². The molecule has 1 aromatic heterocycles. The van der Waals surface area contributed by atoms with E-state index in [2.05, 4.69) is 4.98 Å².